The van der Waals surface area contributed by atoms with Gasteiger partial charge in [0, 0.05) is 10.6 Å². The van der Waals surface area contributed by atoms with Crippen molar-refractivity contribution in [2.75, 3.05) is 0 Å². The van der Waals surface area contributed by atoms with Crippen molar-refractivity contribution in [1.82, 2.24) is 0 Å². The largest absolute Gasteiger partial charge is 0.489 e. The van der Waals surface area contributed by atoms with Gasteiger partial charge in [-0.25, -0.2) is 0 Å². The Morgan fingerprint density at radius 2 is 1.94 bits per heavy atom. The minimum atomic E-state index is 0.451. The van der Waals surface area contributed by atoms with Crippen LogP contribution in [-0.2, 0) is 12.5 Å². The number of benzene rings is 2. The van der Waals surface area contributed by atoms with Crippen molar-refractivity contribution in [3.63, 3.8) is 0 Å². The lowest BCUT2D eigenvalue weighted by Gasteiger charge is -2.11. The van der Waals surface area contributed by atoms with Gasteiger partial charge < -0.3 is 4.74 Å². The second-order valence-electron chi connectivity index (χ2n) is 4.16. The van der Waals surface area contributed by atoms with E-state index in [0.717, 1.165) is 21.9 Å². The zero-order valence-electron chi connectivity index (χ0n) is 10.1. The smallest absolute Gasteiger partial charge is 0.124 e. The summed E-state index contributed by atoms with van der Waals surface area (Å²) in [4.78, 5) is 0. The first-order chi connectivity index (χ1) is 8.69. The Morgan fingerprint density at radius 1 is 1.11 bits per heavy atom. The summed E-state index contributed by atoms with van der Waals surface area (Å²) < 4.78 is 5.78. The van der Waals surface area contributed by atoms with Crippen LogP contribution in [0.3, 0.4) is 0 Å². The molecular formula is C15H14Cl2O. The van der Waals surface area contributed by atoms with Crippen molar-refractivity contribution >= 4 is 23.2 Å². The van der Waals surface area contributed by atoms with E-state index in [1.54, 1.807) is 0 Å². The van der Waals surface area contributed by atoms with Crippen LogP contribution in [0.25, 0.3) is 0 Å². The van der Waals surface area contributed by atoms with E-state index in [4.69, 9.17) is 27.9 Å². The van der Waals surface area contributed by atoms with Crippen molar-refractivity contribution in [2.45, 2.75) is 19.4 Å². The van der Waals surface area contributed by atoms with Crippen LogP contribution >= 0.6 is 23.2 Å². The maximum Gasteiger partial charge on any atom is 0.124 e. The zero-order valence-corrected chi connectivity index (χ0v) is 11.6. The van der Waals surface area contributed by atoms with Gasteiger partial charge in [-0.15, -0.1) is 11.6 Å². The molecule has 0 bridgehead atoms. The second kappa shape index (κ2) is 6.12. The van der Waals surface area contributed by atoms with E-state index in [2.05, 4.69) is 0 Å². The molecule has 0 aliphatic rings. The molecule has 0 aromatic heterocycles. The normalized spacial score (nSPS) is 10.4. The van der Waals surface area contributed by atoms with Gasteiger partial charge in [0.15, 0.2) is 0 Å². The summed E-state index contributed by atoms with van der Waals surface area (Å²) in [6, 6.07) is 13.7. The van der Waals surface area contributed by atoms with Crippen molar-refractivity contribution in [3.8, 4) is 5.75 Å². The third-order valence-electron chi connectivity index (χ3n) is 2.64. The quantitative estimate of drug-likeness (QED) is 0.719. The fraction of sp³-hybridized carbons (Fsp3) is 0.200. The number of halogens is 2. The van der Waals surface area contributed by atoms with E-state index in [9.17, 15) is 0 Å². The molecule has 0 aliphatic heterocycles. The molecule has 0 spiro atoms. The Labute approximate surface area is 117 Å². The Balaban J connectivity index is 2.10. The summed E-state index contributed by atoms with van der Waals surface area (Å²) in [5.41, 5.74) is 3.24. The standard InChI is InChI=1S/C15H14Cl2O/c1-11-5-6-15(13(7-11)9-16)18-10-12-3-2-4-14(17)8-12/h2-8H,9-10H2,1H3. The number of alkyl halides is 1. The van der Waals surface area contributed by atoms with Crippen molar-refractivity contribution in [2.24, 2.45) is 0 Å². The zero-order chi connectivity index (χ0) is 13.0. The molecule has 0 fully saturated rings. The fourth-order valence-corrected chi connectivity index (χ4v) is 2.16. The van der Waals surface area contributed by atoms with Gasteiger partial charge in [0.2, 0.25) is 0 Å². The molecule has 0 aliphatic carbocycles. The average Bonchev–Trinajstić information content (AvgIpc) is 2.37. The number of hydrogen-bond acceptors (Lipinski definition) is 1. The molecule has 2 aromatic carbocycles. The molecule has 2 aromatic rings. The van der Waals surface area contributed by atoms with Gasteiger partial charge in [-0.05, 0) is 30.7 Å². The highest BCUT2D eigenvalue weighted by Crippen LogP contribution is 2.23. The summed E-state index contributed by atoms with van der Waals surface area (Å²) in [6.45, 7) is 2.53. The van der Waals surface area contributed by atoms with Gasteiger partial charge in [0.25, 0.3) is 0 Å². The maximum atomic E-state index is 5.93. The molecule has 0 saturated heterocycles. The monoisotopic (exact) mass is 280 g/mol. The van der Waals surface area contributed by atoms with Crippen LogP contribution in [0, 0.1) is 6.92 Å². The van der Waals surface area contributed by atoms with E-state index in [1.165, 1.54) is 5.56 Å². The SMILES string of the molecule is Cc1ccc(OCc2cccc(Cl)c2)c(CCl)c1. The van der Waals surface area contributed by atoms with Gasteiger partial charge >= 0.3 is 0 Å². The molecule has 0 heterocycles. The summed E-state index contributed by atoms with van der Waals surface area (Å²) in [6.07, 6.45) is 0. The third-order valence-corrected chi connectivity index (χ3v) is 3.17. The second-order valence-corrected chi connectivity index (χ2v) is 4.87. The highest BCUT2D eigenvalue weighted by molar-refractivity contribution is 6.30. The van der Waals surface area contributed by atoms with Crippen LogP contribution < -0.4 is 4.74 Å². The van der Waals surface area contributed by atoms with Gasteiger partial charge in [-0.2, -0.15) is 0 Å². The van der Waals surface area contributed by atoms with Crippen molar-refractivity contribution in [1.29, 1.82) is 0 Å². The van der Waals surface area contributed by atoms with Crippen LogP contribution in [0.4, 0.5) is 0 Å². The molecule has 0 saturated carbocycles. The highest BCUT2D eigenvalue weighted by atomic mass is 35.5. The van der Waals surface area contributed by atoms with Gasteiger partial charge in [-0.3, -0.25) is 0 Å². The number of ether oxygens (including phenoxy) is 1. The van der Waals surface area contributed by atoms with Crippen molar-refractivity contribution in [3.05, 3.63) is 64.2 Å². The predicted octanol–water partition coefficient (Wildman–Crippen LogP) is 4.97. The summed E-state index contributed by atoms with van der Waals surface area (Å²) >= 11 is 11.8. The maximum absolute atomic E-state index is 5.93. The lowest BCUT2D eigenvalue weighted by atomic mass is 10.1. The molecule has 2 rings (SSSR count). The highest BCUT2D eigenvalue weighted by Gasteiger charge is 2.03. The summed E-state index contributed by atoms with van der Waals surface area (Å²) in [5.74, 6) is 1.28. The topological polar surface area (TPSA) is 9.23 Å². The van der Waals surface area contributed by atoms with E-state index in [0.29, 0.717) is 12.5 Å². The molecule has 3 heteroatoms. The van der Waals surface area contributed by atoms with Crippen LogP contribution in [0.15, 0.2) is 42.5 Å². The van der Waals surface area contributed by atoms with Gasteiger partial charge in [0.05, 0.1) is 5.88 Å². The molecular weight excluding hydrogens is 267 g/mol. The first-order valence-corrected chi connectivity index (χ1v) is 6.63. The summed E-state index contributed by atoms with van der Waals surface area (Å²) in [7, 11) is 0. The average molecular weight is 281 g/mol. The van der Waals surface area contributed by atoms with E-state index in [1.807, 2.05) is 49.4 Å². The van der Waals surface area contributed by atoms with Crippen LogP contribution in [-0.4, -0.2) is 0 Å². The first-order valence-electron chi connectivity index (χ1n) is 5.72. The van der Waals surface area contributed by atoms with Crippen molar-refractivity contribution < 1.29 is 4.74 Å². The number of hydrogen-bond donors (Lipinski definition) is 0. The third kappa shape index (κ3) is 3.41. The van der Waals surface area contributed by atoms with Crippen LogP contribution in [0.2, 0.25) is 5.02 Å². The minimum Gasteiger partial charge on any atom is -0.489 e. The first kappa shape index (κ1) is 13.3. The minimum absolute atomic E-state index is 0.451. The Bertz CT molecular complexity index is 538. The summed E-state index contributed by atoms with van der Waals surface area (Å²) in [5, 5.41) is 0.720. The van der Waals surface area contributed by atoms with Crippen LogP contribution in [0.5, 0.6) is 5.75 Å². The molecule has 94 valence electrons. The predicted molar refractivity (Wildman–Crippen MR) is 76.5 cm³/mol. The van der Waals surface area contributed by atoms with E-state index < -0.39 is 0 Å². The van der Waals surface area contributed by atoms with Gasteiger partial charge in [0.1, 0.15) is 12.4 Å². The molecule has 0 amide bonds. The lowest BCUT2D eigenvalue weighted by Crippen LogP contribution is -1.98. The number of rotatable bonds is 4. The Hall–Kier alpha value is -1.18. The number of aryl methyl sites for hydroxylation is 1. The molecule has 18 heavy (non-hydrogen) atoms. The van der Waals surface area contributed by atoms with Crippen LogP contribution in [0.1, 0.15) is 16.7 Å². The molecule has 0 unspecified atom stereocenters. The van der Waals surface area contributed by atoms with Gasteiger partial charge in [-0.1, -0.05) is 41.4 Å². The molecule has 1 nitrogen and oxygen atoms in total. The molecule has 0 radical (unpaired) electrons. The fourth-order valence-electron chi connectivity index (χ4n) is 1.74. The molecule has 0 N–H and O–H groups in total. The Kier molecular flexibility index (Phi) is 4.51. The molecule has 0 atom stereocenters. The van der Waals surface area contributed by atoms with E-state index >= 15 is 0 Å². The van der Waals surface area contributed by atoms with E-state index in [-0.39, 0.29) is 0 Å². The lowest BCUT2D eigenvalue weighted by molar-refractivity contribution is 0.304. The Morgan fingerprint density at radius 3 is 2.67 bits per heavy atom.